The second-order valence-electron chi connectivity index (χ2n) is 4.55. The molecule has 0 spiro atoms. The number of rotatable bonds is 3. The summed E-state index contributed by atoms with van der Waals surface area (Å²) in [6, 6.07) is -1.21. The van der Waals surface area contributed by atoms with Gasteiger partial charge in [-0.2, -0.15) is 0 Å². The third-order valence-electron chi connectivity index (χ3n) is 3.25. The van der Waals surface area contributed by atoms with Crippen LogP contribution in [0.15, 0.2) is 35.3 Å². The Morgan fingerprint density at radius 1 is 1.26 bits per heavy atom. The molecule has 2 rings (SSSR count). The lowest BCUT2D eigenvalue weighted by atomic mass is 10.1. The molecule has 0 aromatic carbocycles. The van der Waals surface area contributed by atoms with Gasteiger partial charge in [0.1, 0.15) is 10.9 Å². The van der Waals surface area contributed by atoms with Gasteiger partial charge in [-0.3, -0.25) is 19.7 Å². The van der Waals surface area contributed by atoms with Crippen LogP contribution in [0.25, 0.3) is 0 Å². The number of hydrogen-bond acceptors (Lipinski definition) is 5. The summed E-state index contributed by atoms with van der Waals surface area (Å²) in [6.45, 7) is 9.06. The Kier molecular flexibility index (Phi) is 6.03. The number of carbonyl (C=O) groups is 3. The smallest absolute Gasteiger partial charge is 0.269 e. The van der Waals surface area contributed by atoms with Crippen molar-refractivity contribution in [1.29, 1.82) is 0 Å². The lowest BCUT2D eigenvalue weighted by molar-refractivity contribution is -0.140. The Hall–Kier alpha value is -2.22. The molecule has 1 unspecified atom stereocenters. The minimum Gasteiger partial charge on any atom is -0.295 e. The zero-order valence-electron chi connectivity index (χ0n) is 13.3. The molecule has 2 aliphatic heterocycles. The third kappa shape index (κ3) is 3.26. The monoisotopic (exact) mass is 340 g/mol. The predicted molar refractivity (Wildman–Crippen MR) is 85.3 cm³/mol. The topological polar surface area (TPSA) is 101 Å². The second-order valence-corrected chi connectivity index (χ2v) is 6.34. The van der Waals surface area contributed by atoms with Crippen LogP contribution in [0.5, 0.6) is 0 Å². The van der Waals surface area contributed by atoms with E-state index < -0.39 is 33.8 Å². The summed E-state index contributed by atoms with van der Waals surface area (Å²) in [7, 11) is -4.12. The summed E-state index contributed by atoms with van der Waals surface area (Å²) >= 11 is 0. The van der Waals surface area contributed by atoms with E-state index in [9.17, 15) is 22.8 Å². The number of allylic oxidation sites excluding steroid dienone is 2. The summed E-state index contributed by atoms with van der Waals surface area (Å²) in [6.07, 6.45) is 3.89. The standard InChI is InChI=1S/C13H14N2O5S.C2H6/c1-3-5-10-8(4-2)13(18)15(21(10,19)20)9-6-7-11(16)14-12(9)17;1-2/h3-5,9H,2,6-7H2,1H3,(H,14,16,17);1-2H3/b5-3-;. The van der Waals surface area contributed by atoms with Crippen molar-refractivity contribution in [2.45, 2.75) is 39.7 Å². The van der Waals surface area contributed by atoms with E-state index >= 15 is 0 Å². The molecule has 7 nitrogen and oxygen atoms in total. The molecule has 2 heterocycles. The molecular formula is C15H20N2O5S. The molecule has 0 radical (unpaired) electrons. The maximum absolute atomic E-state index is 12.5. The van der Waals surface area contributed by atoms with E-state index in [0.717, 1.165) is 6.08 Å². The van der Waals surface area contributed by atoms with Crippen molar-refractivity contribution in [1.82, 2.24) is 9.62 Å². The van der Waals surface area contributed by atoms with Gasteiger partial charge in [-0.05, 0) is 19.4 Å². The van der Waals surface area contributed by atoms with E-state index in [2.05, 4.69) is 6.58 Å². The Balaban J connectivity index is 0.00000127. The fourth-order valence-corrected chi connectivity index (χ4v) is 4.13. The van der Waals surface area contributed by atoms with Gasteiger partial charge < -0.3 is 0 Å². The van der Waals surface area contributed by atoms with Crippen molar-refractivity contribution in [3.05, 3.63) is 35.3 Å². The minimum atomic E-state index is -4.12. The van der Waals surface area contributed by atoms with Crippen LogP contribution in [0.1, 0.15) is 33.6 Å². The number of nitrogens with zero attached hydrogens (tertiary/aromatic N) is 1. The van der Waals surface area contributed by atoms with Crippen molar-refractivity contribution in [3.8, 4) is 0 Å². The highest BCUT2D eigenvalue weighted by molar-refractivity contribution is 7.94. The molecule has 3 amide bonds. The fraction of sp³-hybridized carbons (Fsp3) is 0.400. The average Bonchev–Trinajstić information content (AvgIpc) is 2.69. The van der Waals surface area contributed by atoms with Crippen LogP contribution in [0.3, 0.4) is 0 Å². The summed E-state index contributed by atoms with van der Waals surface area (Å²) in [4.78, 5) is 35.1. The minimum absolute atomic E-state index is 0.0158. The summed E-state index contributed by atoms with van der Waals surface area (Å²) in [5.41, 5.74) is -0.0715. The van der Waals surface area contributed by atoms with Gasteiger partial charge in [0.15, 0.2) is 0 Å². The molecule has 126 valence electrons. The Morgan fingerprint density at radius 3 is 2.35 bits per heavy atom. The predicted octanol–water partition coefficient (Wildman–Crippen LogP) is 1.01. The Labute approximate surface area is 135 Å². The molecule has 1 N–H and O–H groups in total. The summed E-state index contributed by atoms with van der Waals surface area (Å²) in [5.74, 6) is -2.06. The number of nitrogens with one attached hydrogen (secondary N) is 1. The van der Waals surface area contributed by atoms with Crippen LogP contribution in [-0.4, -0.2) is 36.5 Å². The van der Waals surface area contributed by atoms with Gasteiger partial charge in [-0.1, -0.05) is 32.6 Å². The zero-order chi connectivity index (χ0) is 17.8. The van der Waals surface area contributed by atoms with E-state index in [1.54, 1.807) is 6.92 Å². The summed E-state index contributed by atoms with van der Waals surface area (Å²) < 4.78 is 25.5. The molecular weight excluding hydrogens is 320 g/mol. The first-order valence-electron chi connectivity index (χ1n) is 7.26. The molecule has 2 aliphatic rings. The van der Waals surface area contributed by atoms with Gasteiger partial charge >= 0.3 is 0 Å². The summed E-state index contributed by atoms with van der Waals surface area (Å²) in [5, 5.41) is 2.05. The van der Waals surface area contributed by atoms with Crippen LogP contribution < -0.4 is 5.32 Å². The van der Waals surface area contributed by atoms with Crippen LogP contribution >= 0.6 is 0 Å². The SMILES string of the molecule is C=CC1=C(/C=C\C)S(=O)(=O)N(C2CCC(=O)NC2=O)C1=O.CC. The molecule has 1 fully saturated rings. The van der Waals surface area contributed by atoms with Crippen molar-refractivity contribution >= 4 is 27.7 Å². The van der Waals surface area contributed by atoms with Crippen molar-refractivity contribution in [3.63, 3.8) is 0 Å². The molecule has 0 aromatic rings. The lowest BCUT2D eigenvalue weighted by Gasteiger charge is -2.28. The van der Waals surface area contributed by atoms with Crippen LogP contribution in [0.4, 0.5) is 0 Å². The largest absolute Gasteiger partial charge is 0.295 e. The maximum Gasteiger partial charge on any atom is 0.269 e. The van der Waals surface area contributed by atoms with E-state index in [-0.39, 0.29) is 23.3 Å². The fourth-order valence-electron chi connectivity index (χ4n) is 2.31. The lowest BCUT2D eigenvalue weighted by Crippen LogP contribution is -2.54. The van der Waals surface area contributed by atoms with Gasteiger partial charge in [-0.25, -0.2) is 12.7 Å². The van der Waals surface area contributed by atoms with Gasteiger partial charge in [0.05, 0.1) is 5.57 Å². The van der Waals surface area contributed by atoms with Crippen LogP contribution in [-0.2, 0) is 24.4 Å². The second kappa shape index (κ2) is 7.36. The van der Waals surface area contributed by atoms with Gasteiger partial charge in [0.2, 0.25) is 5.91 Å². The molecule has 0 saturated carbocycles. The number of amides is 3. The van der Waals surface area contributed by atoms with E-state index in [0.29, 0.717) is 4.31 Å². The zero-order valence-corrected chi connectivity index (χ0v) is 14.1. The number of carbonyl (C=O) groups excluding carboxylic acids is 3. The average molecular weight is 340 g/mol. The number of hydrogen-bond donors (Lipinski definition) is 1. The van der Waals surface area contributed by atoms with Gasteiger partial charge in [0, 0.05) is 6.42 Å². The van der Waals surface area contributed by atoms with Gasteiger partial charge in [0.25, 0.3) is 21.8 Å². The molecule has 8 heteroatoms. The third-order valence-corrected chi connectivity index (χ3v) is 5.10. The molecule has 23 heavy (non-hydrogen) atoms. The first-order chi connectivity index (χ1) is 10.8. The molecule has 1 saturated heterocycles. The molecule has 0 bridgehead atoms. The first-order valence-corrected chi connectivity index (χ1v) is 8.70. The van der Waals surface area contributed by atoms with Crippen molar-refractivity contribution in [2.24, 2.45) is 0 Å². The van der Waals surface area contributed by atoms with E-state index in [4.69, 9.17) is 0 Å². The Bertz CT molecular complexity index is 703. The Morgan fingerprint density at radius 2 is 1.87 bits per heavy atom. The maximum atomic E-state index is 12.5. The number of imide groups is 1. The van der Waals surface area contributed by atoms with Crippen LogP contribution in [0.2, 0.25) is 0 Å². The van der Waals surface area contributed by atoms with E-state index in [1.165, 1.54) is 12.2 Å². The highest BCUT2D eigenvalue weighted by atomic mass is 32.2. The normalized spacial score (nSPS) is 23.7. The molecule has 0 aliphatic carbocycles. The highest BCUT2D eigenvalue weighted by Crippen LogP contribution is 2.33. The first kappa shape index (κ1) is 18.8. The van der Waals surface area contributed by atoms with E-state index in [1.807, 2.05) is 19.2 Å². The van der Waals surface area contributed by atoms with Crippen molar-refractivity contribution in [2.75, 3.05) is 0 Å². The number of piperidine rings is 1. The quantitative estimate of drug-likeness (QED) is 0.773. The highest BCUT2D eigenvalue weighted by Gasteiger charge is 2.48. The van der Waals surface area contributed by atoms with Crippen molar-refractivity contribution < 1.29 is 22.8 Å². The molecule has 0 aromatic heterocycles. The number of sulfonamides is 1. The van der Waals surface area contributed by atoms with Gasteiger partial charge in [-0.15, -0.1) is 0 Å². The van der Waals surface area contributed by atoms with Crippen LogP contribution in [0, 0.1) is 0 Å². The molecule has 1 atom stereocenters.